The lowest BCUT2D eigenvalue weighted by Crippen LogP contribution is -2.22. The van der Waals surface area contributed by atoms with Crippen molar-refractivity contribution in [2.75, 3.05) is 0 Å². The molecule has 0 amide bonds. The summed E-state index contributed by atoms with van der Waals surface area (Å²) in [6.07, 6.45) is 0. The second kappa shape index (κ2) is 8.84. The number of benzene rings is 3. The summed E-state index contributed by atoms with van der Waals surface area (Å²) >= 11 is 7.34. The van der Waals surface area contributed by atoms with Crippen molar-refractivity contribution in [1.29, 1.82) is 0 Å². The van der Waals surface area contributed by atoms with Gasteiger partial charge in [-0.3, -0.25) is 9.36 Å². The molecule has 8 heteroatoms. The Labute approximate surface area is 199 Å². The molecule has 3 aromatic carbocycles. The summed E-state index contributed by atoms with van der Waals surface area (Å²) in [5, 5.41) is 10.1. The number of nitrogens with zero attached hydrogens (tertiary/aromatic N) is 4. The number of halogens is 1. The molecule has 0 N–H and O–H groups in total. The molecule has 2 heterocycles. The van der Waals surface area contributed by atoms with E-state index in [1.807, 2.05) is 62.4 Å². The largest absolute Gasteiger partial charge is 0.420 e. The topological polar surface area (TPSA) is 73.8 Å². The number of rotatable bonds is 5. The molecule has 33 heavy (non-hydrogen) atoms. The van der Waals surface area contributed by atoms with Gasteiger partial charge in [-0.2, -0.15) is 0 Å². The molecule has 0 aliphatic carbocycles. The fourth-order valence-electron chi connectivity index (χ4n) is 3.55. The first kappa shape index (κ1) is 21.4. The Hall–Kier alpha value is -3.42. The van der Waals surface area contributed by atoms with E-state index in [4.69, 9.17) is 21.0 Å². The number of aryl methyl sites for hydroxylation is 1. The normalized spacial score (nSPS) is 11.2. The van der Waals surface area contributed by atoms with Crippen LogP contribution in [0.5, 0.6) is 0 Å². The van der Waals surface area contributed by atoms with Crippen molar-refractivity contribution in [3.8, 4) is 17.1 Å². The van der Waals surface area contributed by atoms with Gasteiger partial charge in [-0.15, -0.1) is 10.2 Å². The lowest BCUT2D eigenvalue weighted by molar-refractivity contribution is 0.528. The standard InChI is InChI=1S/C25H19ClN4O2S/c1-15-6-5-9-21(16(15)2)30-24(31)19-7-3-4-8-20(19)27-25(30)33-14-22-28-29-23(32-22)17-10-12-18(26)13-11-17/h3-13H,14H2,1-2H3. The van der Waals surface area contributed by atoms with Crippen LogP contribution in [0.1, 0.15) is 17.0 Å². The lowest BCUT2D eigenvalue weighted by atomic mass is 10.1. The van der Waals surface area contributed by atoms with Crippen molar-refractivity contribution < 1.29 is 4.42 Å². The van der Waals surface area contributed by atoms with E-state index in [9.17, 15) is 4.79 Å². The Balaban J connectivity index is 1.54. The lowest BCUT2D eigenvalue weighted by Gasteiger charge is -2.16. The van der Waals surface area contributed by atoms with Crippen LogP contribution in [-0.2, 0) is 5.75 Å². The van der Waals surface area contributed by atoms with E-state index >= 15 is 0 Å². The van der Waals surface area contributed by atoms with Crippen LogP contribution in [0.25, 0.3) is 28.0 Å². The van der Waals surface area contributed by atoms with Gasteiger partial charge in [0.05, 0.1) is 22.3 Å². The molecule has 2 aromatic heterocycles. The molecule has 0 atom stereocenters. The number of aromatic nitrogens is 4. The van der Waals surface area contributed by atoms with Gasteiger partial charge in [0.2, 0.25) is 11.8 Å². The van der Waals surface area contributed by atoms with Crippen molar-refractivity contribution in [1.82, 2.24) is 19.7 Å². The minimum Gasteiger partial charge on any atom is -0.420 e. The van der Waals surface area contributed by atoms with Gasteiger partial charge >= 0.3 is 0 Å². The molecule has 164 valence electrons. The maximum Gasteiger partial charge on any atom is 0.266 e. The van der Waals surface area contributed by atoms with E-state index < -0.39 is 0 Å². The van der Waals surface area contributed by atoms with Crippen LogP contribution < -0.4 is 5.56 Å². The highest BCUT2D eigenvalue weighted by molar-refractivity contribution is 7.98. The molecule has 0 aliphatic rings. The highest BCUT2D eigenvalue weighted by Crippen LogP contribution is 2.28. The van der Waals surface area contributed by atoms with Crippen molar-refractivity contribution >= 4 is 34.3 Å². The Morgan fingerprint density at radius 2 is 1.76 bits per heavy atom. The molecule has 0 saturated heterocycles. The van der Waals surface area contributed by atoms with Gasteiger partial charge in [0, 0.05) is 10.6 Å². The first-order chi connectivity index (χ1) is 16.0. The number of hydrogen-bond donors (Lipinski definition) is 0. The quantitative estimate of drug-likeness (QED) is 0.230. The van der Waals surface area contributed by atoms with E-state index in [2.05, 4.69) is 10.2 Å². The average molecular weight is 475 g/mol. The minimum absolute atomic E-state index is 0.107. The van der Waals surface area contributed by atoms with Gasteiger partial charge in [-0.1, -0.05) is 47.6 Å². The zero-order chi connectivity index (χ0) is 22.9. The van der Waals surface area contributed by atoms with E-state index in [0.717, 1.165) is 22.4 Å². The van der Waals surface area contributed by atoms with Crippen LogP contribution >= 0.6 is 23.4 Å². The molecule has 5 aromatic rings. The number of fused-ring (bicyclic) bond motifs is 1. The van der Waals surface area contributed by atoms with Crippen LogP contribution in [0.15, 0.2) is 81.1 Å². The third-order valence-corrected chi connectivity index (χ3v) is 6.62. The molecule has 0 fully saturated rings. The summed E-state index contributed by atoms with van der Waals surface area (Å²) in [6.45, 7) is 4.04. The first-order valence-corrected chi connectivity index (χ1v) is 11.7. The second-order valence-electron chi connectivity index (χ2n) is 7.57. The van der Waals surface area contributed by atoms with Crippen LogP contribution in [0.4, 0.5) is 0 Å². The summed E-state index contributed by atoms with van der Waals surface area (Å²) in [7, 11) is 0. The Bertz CT molecular complexity index is 1530. The summed E-state index contributed by atoms with van der Waals surface area (Å²) in [5.74, 6) is 1.23. The van der Waals surface area contributed by atoms with Crippen molar-refractivity contribution in [3.63, 3.8) is 0 Å². The summed E-state index contributed by atoms with van der Waals surface area (Å²) < 4.78 is 7.51. The molecule has 0 spiro atoms. The second-order valence-corrected chi connectivity index (χ2v) is 8.95. The van der Waals surface area contributed by atoms with Crippen molar-refractivity contribution in [3.05, 3.63) is 99.1 Å². The van der Waals surface area contributed by atoms with Crippen LogP contribution in [0.2, 0.25) is 5.02 Å². The van der Waals surface area contributed by atoms with Crippen LogP contribution in [-0.4, -0.2) is 19.7 Å². The van der Waals surface area contributed by atoms with E-state index in [0.29, 0.717) is 38.6 Å². The zero-order valence-electron chi connectivity index (χ0n) is 17.9. The number of para-hydroxylation sites is 1. The number of hydrogen-bond acceptors (Lipinski definition) is 6. The van der Waals surface area contributed by atoms with Crippen molar-refractivity contribution in [2.24, 2.45) is 0 Å². The molecule has 0 aliphatic heterocycles. The maximum absolute atomic E-state index is 13.5. The predicted octanol–water partition coefficient (Wildman–Crippen LogP) is 6.00. The van der Waals surface area contributed by atoms with Gasteiger partial charge in [0.15, 0.2) is 5.16 Å². The molecule has 5 rings (SSSR count). The van der Waals surface area contributed by atoms with Crippen LogP contribution in [0.3, 0.4) is 0 Å². The third-order valence-electron chi connectivity index (χ3n) is 5.44. The van der Waals surface area contributed by atoms with Gasteiger partial charge in [0.1, 0.15) is 0 Å². The fourth-order valence-corrected chi connectivity index (χ4v) is 4.52. The van der Waals surface area contributed by atoms with Crippen molar-refractivity contribution in [2.45, 2.75) is 24.8 Å². The summed E-state index contributed by atoms with van der Waals surface area (Å²) in [6, 6.07) is 20.5. The molecular formula is C25H19ClN4O2S. The number of thioether (sulfide) groups is 1. The highest BCUT2D eigenvalue weighted by Gasteiger charge is 2.17. The molecule has 0 radical (unpaired) electrons. The highest BCUT2D eigenvalue weighted by atomic mass is 35.5. The molecule has 0 saturated carbocycles. The summed E-state index contributed by atoms with van der Waals surface area (Å²) in [4.78, 5) is 18.3. The molecule has 6 nitrogen and oxygen atoms in total. The fraction of sp³-hybridized carbons (Fsp3) is 0.120. The molecule has 0 bridgehead atoms. The first-order valence-electron chi connectivity index (χ1n) is 10.3. The van der Waals surface area contributed by atoms with Crippen LogP contribution in [0, 0.1) is 13.8 Å². The molecule has 0 unspecified atom stereocenters. The Morgan fingerprint density at radius 3 is 2.58 bits per heavy atom. The molecular weight excluding hydrogens is 456 g/mol. The Morgan fingerprint density at radius 1 is 0.970 bits per heavy atom. The van der Waals surface area contributed by atoms with E-state index in [1.165, 1.54) is 11.8 Å². The smallest absolute Gasteiger partial charge is 0.266 e. The summed E-state index contributed by atoms with van der Waals surface area (Å²) in [5.41, 5.74) is 4.28. The average Bonchev–Trinajstić information content (AvgIpc) is 3.30. The Kier molecular flexibility index (Phi) is 5.74. The minimum atomic E-state index is -0.107. The van der Waals surface area contributed by atoms with Gasteiger partial charge in [0.25, 0.3) is 5.56 Å². The van der Waals surface area contributed by atoms with E-state index in [-0.39, 0.29) is 5.56 Å². The monoisotopic (exact) mass is 474 g/mol. The maximum atomic E-state index is 13.5. The van der Waals surface area contributed by atoms with Gasteiger partial charge < -0.3 is 4.42 Å². The zero-order valence-corrected chi connectivity index (χ0v) is 19.5. The third kappa shape index (κ3) is 4.17. The SMILES string of the molecule is Cc1cccc(-n2c(SCc3nnc(-c4ccc(Cl)cc4)o3)nc3ccccc3c2=O)c1C. The van der Waals surface area contributed by atoms with Gasteiger partial charge in [-0.05, 0) is 67.4 Å². The van der Waals surface area contributed by atoms with E-state index in [1.54, 1.807) is 22.8 Å². The van der Waals surface area contributed by atoms with Gasteiger partial charge in [-0.25, -0.2) is 4.98 Å². The predicted molar refractivity (Wildman–Crippen MR) is 131 cm³/mol.